The van der Waals surface area contributed by atoms with Crippen LogP contribution < -0.4 is 0 Å². The molecule has 0 unspecified atom stereocenters. The van der Waals surface area contributed by atoms with Gasteiger partial charge in [0.1, 0.15) is 0 Å². The molecule has 0 saturated carbocycles. The Kier molecular flexibility index (Phi) is 2.79. The van der Waals surface area contributed by atoms with Crippen molar-refractivity contribution in [1.82, 2.24) is 4.98 Å². The van der Waals surface area contributed by atoms with Crippen molar-refractivity contribution in [3.63, 3.8) is 0 Å². The normalized spacial score (nSPS) is 11.3. The van der Waals surface area contributed by atoms with Crippen LogP contribution in [0.2, 0.25) is 0 Å². The van der Waals surface area contributed by atoms with E-state index in [4.69, 9.17) is 5.11 Å². The van der Waals surface area contributed by atoms with Crippen LogP contribution in [0.1, 0.15) is 11.3 Å². The second kappa shape index (κ2) is 4.24. The zero-order valence-corrected chi connectivity index (χ0v) is 8.64. The van der Waals surface area contributed by atoms with Gasteiger partial charge in [-0.1, -0.05) is 24.3 Å². The topological polar surface area (TPSA) is 33.1 Å². The molecule has 0 fully saturated rings. The minimum atomic E-state index is 0.0736. The van der Waals surface area contributed by atoms with E-state index in [0.717, 1.165) is 22.2 Å². The van der Waals surface area contributed by atoms with E-state index < -0.39 is 0 Å². The van der Waals surface area contributed by atoms with E-state index in [1.54, 1.807) is 6.08 Å². The molecule has 2 heteroatoms. The number of pyridine rings is 1. The van der Waals surface area contributed by atoms with Crippen LogP contribution in [-0.2, 0) is 0 Å². The first-order valence-electron chi connectivity index (χ1n) is 4.94. The fourth-order valence-corrected chi connectivity index (χ4v) is 1.54. The number of aryl methyl sites for hydroxylation is 1. The Balaban J connectivity index is 2.47. The number of benzene rings is 1. The summed E-state index contributed by atoms with van der Waals surface area (Å²) in [4.78, 5) is 4.42. The molecule has 2 nitrogen and oxygen atoms in total. The SMILES string of the molecule is Cc1ccc2cc(C=CCO)ccc2n1. The standard InChI is InChI=1S/C13H13NO/c1-10-4-6-12-9-11(3-2-8-15)5-7-13(12)14-10/h2-7,9,15H,8H2,1H3. The number of rotatable bonds is 2. The van der Waals surface area contributed by atoms with Gasteiger partial charge in [-0.3, -0.25) is 4.98 Å². The Hall–Kier alpha value is -1.67. The van der Waals surface area contributed by atoms with Gasteiger partial charge in [-0.05, 0) is 30.7 Å². The van der Waals surface area contributed by atoms with E-state index in [9.17, 15) is 0 Å². The van der Waals surface area contributed by atoms with Gasteiger partial charge < -0.3 is 5.11 Å². The summed E-state index contributed by atoms with van der Waals surface area (Å²) in [5.74, 6) is 0. The van der Waals surface area contributed by atoms with Crippen molar-refractivity contribution in [2.24, 2.45) is 0 Å². The highest BCUT2D eigenvalue weighted by Crippen LogP contribution is 2.15. The summed E-state index contributed by atoms with van der Waals surface area (Å²) in [6.45, 7) is 2.06. The highest BCUT2D eigenvalue weighted by atomic mass is 16.2. The first kappa shape index (κ1) is 9.87. The molecule has 0 bridgehead atoms. The zero-order chi connectivity index (χ0) is 10.7. The molecule has 0 spiro atoms. The molecule has 15 heavy (non-hydrogen) atoms. The third kappa shape index (κ3) is 2.22. The predicted octanol–water partition coefficient (Wildman–Crippen LogP) is 2.55. The van der Waals surface area contributed by atoms with Crippen molar-refractivity contribution in [1.29, 1.82) is 0 Å². The molecule has 0 amide bonds. The Labute approximate surface area is 88.9 Å². The maximum Gasteiger partial charge on any atom is 0.0705 e. The summed E-state index contributed by atoms with van der Waals surface area (Å²) in [6.07, 6.45) is 3.63. The summed E-state index contributed by atoms with van der Waals surface area (Å²) < 4.78 is 0. The van der Waals surface area contributed by atoms with Gasteiger partial charge in [-0.2, -0.15) is 0 Å². The van der Waals surface area contributed by atoms with Crippen molar-refractivity contribution in [2.75, 3.05) is 6.61 Å². The van der Waals surface area contributed by atoms with E-state index in [1.807, 2.05) is 31.2 Å². The lowest BCUT2D eigenvalue weighted by atomic mass is 10.1. The van der Waals surface area contributed by atoms with Gasteiger partial charge in [0.05, 0.1) is 12.1 Å². The van der Waals surface area contributed by atoms with Crippen LogP contribution in [0, 0.1) is 6.92 Å². The summed E-state index contributed by atoms with van der Waals surface area (Å²) in [5.41, 5.74) is 3.12. The maximum absolute atomic E-state index is 8.68. The van der Waals surface area contributed by atoms with Crippen molar-refractivity contribution in [3.05, 3.63) is 47.7 Å². The molecule has 1 aromatic heterocycles. The first-order valence-corrected chi connectivity index (χ1v) is 4.94. The minimum Gasteiger partial charge on any atom is -0.392 e. The number of aliphatic hydroxyl groups excluding tert-OH is 1. The lowest BCUT2D eigenvalue weighted by molar-refractivity contribution is 0.343. The van der Waals surface area contributed by atoms with Crippen molar-refractivity contribution >= 4 is 17.0 Å². The number of hydrogen-bond acceptors (Lipinski definition) is 2. The van der Waals surface area contributed by atoms with Crippen molar-refractivity contribution in [3.8, 4) is 0 Å². The molecule has 0 radical (unpaired) electrons. The number of hydrogen-bond donors (Lipinski definition) is 1. The molecule has 1 N–H and O–H groups in total. The monoisotopic (exact) mass is 199 g/mol. The van der Waals surface area contributed by atoms with Gasteiger partial charge in [-0.15, -0.1) is 0 Å². The largest absolute Gasteiger partial charge is 0.392 e. The molecular weight excluding hydrogens is 186 g/mol. The Morgan fingerprint density at radius 2 is 2.13 bits per heavy atom. The molecule has 1 aromatic carbocycles. The van der Waals surface area contributed by atoms with Crippen LogP contribution in [0.5, 0.6) is 0 Å². The van der Waals surface area contributed by atoms with Crippen molar-refractivity contribution < 1.29 is 5.11 Å². The van der Waals surface area contributed by atoms with Crippen LogP contribution in [0.4, 0.5) is 0 Å². The van der Waals surface area contributed by atoms with Gasteiger partial charge in [0, 0.05) is 11.1 Å². The van der Waals surface area contributed by atoms with E-state index >= 15 is 0 Å². The third-order valence-electron chi connectivity index (χ3n) is 2.27. The van der Waals surface area contributed by atoms with E-state index in [0.29, 0.717) is 0 Å². The first-order chi connectivity index (χ1) is 7.29. The Morgan fingerprint density at radius 3 is 2.93 bits per heavy atom. The molecule has 0 aliphatic rings. The fourth-order valence-electron chi connectivity index (χ4n) is 1.54. The molecule has 76 valence electrons. The predicted molar refractivity (Wildman–Crippen MR) is 62.6 cm³/mol. The Morgan fingerprint density at radius 1 is 1.27 bits per heavy atom. The van der Waals surface area contributed by atoms with Gasteiger partial charge in [-0.25, -0.2) is 0 Å². The summed E-state index contributed by atoms with van der Waals surface area (Å²) in [6, 6.07) is 10.1. The average Bonchev–Trinajstić information content (AvgIpc) is 2.26. The number of aromatic nitrogens is 1. The zero-order valence-electron chi connectivity index (χ0n) is 8.64. The molecule has 1 heterocycles. The fraction of sp³-hybridized carbons (Fsp3) is 0.154. The number of nitrogens with zero attached hydrogens (tertiary/aromatic N) is 1. The lowest BCUT2D eigenvalue weighted by Gasteiger charge is -2.00. The molecule has 0 aliphatic carbocycles. The second-order valence-electron chi connectivity index (χ2n) is 3.49. The lowest BCUT2D eigenvalue weighted by Crippen LogP contribution is -1.83. The van der Waals surface area contributed by atoms with Gasteiger partial charge >= 0.3 is 0 Å². The smallest absolute Gasteiger partial charge is 0.0705 e. The van der Waals surface area contributed by atoms with Crippen LogP contribution in [0.15, 0.2) is 36.4 Å². The Bertz CT molecular complexity index is 503. The molecule has 2 aromatic rings. The summed E-state index contributed by atoms with van der Waals surface area (Å²) in [5, 5.41) is 9.80. The van der Waals surface area contributed by atoms with Crippen LogP contribution in [0.25, 0.3) is 17.0 Å². The number of fused-ring (bicyclic) bond motifs is 1. The van der Waals surface area contributed by atoms with E-state index in [-0.39, 0.29) is 6.61 Å². The molecule has 2 rings (SSSR count). The summed E-state index contributed by atoms with van der Waals surface area (Å²) in [7, 11) is 0. The van der Waals surface area contributed by atoms with Crippen LogP contribution in [0.3, 0.4) is 0 Å². The second-order valence-corrected chi connectivity index (χ2v) is 3.49. The van der Waals surface area contributed by atoms with E-state index in [2.05, 4.69) is 17.1 Å². The highest BCUT2D eigenvalue weighted by Gasteiger charge is 1.95. The van der Waals surface area contributed by atoms with Gasteiger partial charge in [0.25, 0.3) is 0 Å². The number of aliphatic hydroxyl groups is 1. The van der Waals surface area contributed by atoms with Gasteiger partial charge in [0.2, 0.25) is 0 Å². The van der Waals surface area contributed by atoms with Gasteiger partial charge in [0.15, 0.2) is 0 Å². The quantitative estimate of drug-likeness (QED) is 0.806. The molecule has 0 atom stereocenters. The highest BCUT2D eigenvalue weighted by molar-refractivity contribution is 5.81. The van der Waals surface area contributed by atoms with Crippen LogP contribution in [-0.4, -0.2) is 16.7 Å². The van der Waals surface area contributed by atoms with E-state index in [1.165, 1.54) is 0 Å². The third-order valence-corrected chi connectivity index (χ3v) is 2.27. The molecular formula is C13H13NO. The van der Waals surface area contributed by atoms with Crippen LogP contribution >= 0.6 is 0 Å². The minimum absolute atomic E-state index is 0.0736. The van der Waals surface area contributed by atoms with Crippen molar-refractivity contribution in [2.45, 2.75) is 6.92 Å². The summed E-state index contributed by atoms with van der Waals surface area (Å²) >= 11 is 0. The maximum atomic E-state index is 8.68. The molecule has 0 saturated heterocycles. The molecule has 0 aliphatic heterocycles. The average molecular weight is 199 g/mol.